The Morgan fingerprint density at radius 3 is 2.80 bits per heavy atom. The Hall–Kier alpha value is -1.77. The van der Waals surface area contributed by atoms with Crippen LogP contribution in [0.5, 0.6) is 11.5 Å². The molecule has 1 aliphatic heterocycles. The van der Waals surface area contributed by atoms with Crippen molar-refractivity contribution in [1.29, 1.82) is 0 Å². The summed E-state index contributed by atoms with van der Waals surface area (Å²) in [6.07, 6.45) is 0. The molecule has 0 bridgehead atoms. The summed E-state index contributed by atoms with van der Waals surface area (Å²) in [5, 5.41) is 1.59. The van der Waals surface area contributed by atoms with Crippen LogP contribution in [0.25, 0.3) is 0 Å². The minimum Gasteiger partial charge on any atom is -0.454 e. The van der Waals surface area contributed by atoms with E-state index in [2.05, 4.69) is 4.72 Å². The highest BCUT2D eigenvalue weighted by Gasteiger charge is 2.17. The Morgan fingerprint density at radius 1 is 1.25 bits per heavy atom. The van der Waals surface area contributed by atoms with Gasteiger partial charge in [-0.3, -0.25) is 0 Å². The average molecular weight is 312 g/mol. The van der Waals surface area contributed by atoms with E-state index in [1.807, 2.05) is 0 Å². The number of nitrogens with two attached hydrogens (primary N) is 1. The van der Waals surface area contributed by atoms with Crippen LogP contribution in [0.1, 0.15) is 5.56 Å². The number of hydrogen-bond donors (Lipinski definition) is 2. The minimum atomic E-state index is -3.54. The number of rotatable bonds is 4. The lowest BCUT2D eigenvalue weighted by Gasteiger charge is -2.05. The highest BCUT2D eigenvalue weighted by Crippen LogP contribution is 2.32. The quantitative estimate of drug-likeness (QED) is 0.893. The van der Waals surface area contributed by atoms with Gasteiger partial charge in [0.15, 0.2) is 11.5 Å². The molecule has 0 radical (unpaired) electrons. The van der Waals surface area contributed by atoms with Crippen LogP contribution in [0.15, 0.2) is 33.9 Å². The molecule has 106 valence electrons. The summed E-state index contributed by atoms with van der Waals surface area (Å²) in [5.41, 5.74) is 6.77. The fourth-order valence-corrected chi connectivity index (χ4v) is 3.91. The minimum absolute atomic E-state index is 0.177. The van der Waals surface area contributed by atoms with Crippen molar-refractivity contribution in [2.75, 3.05) is 12.5 Å². The molecule has 1 aromatic heterocycles. The van der Waals surface area contributed by atoms with Gasteiger partial charge >= 0.3 is 0 Å². The monoisotopic (exact) mass is 312 g/mol. The summed E-state index contributed by atoms with van der Waals surface area (Å²) < 4.78 is 37.3. The molecular formula is C12H12N2O4S2. The first-order chi connectivity index (χ1) is 9.54. The van der Waals surface area contributed by atoms with Crippen LogP contribution < -0.4 is 19.9 Å². The molecule has 0 spiro atoms. The van der Waals surface area contributed by atoms with Gasteiger partial charge in [-0.05, 0) is 23.8 Å². The number of nitrogens with one attached hydrogen (secondary N) is 1. The van der Waals surface area contributed by atoms with E-state index in [0.29, 0.717) is 17.2 Å². The SMILES string of the molecule is Nc1csc(S(=O)(=O)NCc2ccc3c(c2)OCO3)c1. The number of fused-ring (bicyclic) bond motifs is 1. The lowest BCUT2D eigenvalue weighted by atomic mass is 10.2. The van der Waals surface area contributed by atoms with Gasteiger partial charge in [0.25, 0.3) is 0 Å². The van der Waals surface area contributed by atoms with E-state index >= 15 is 0 Å². The second kappa shape index (κ2) is 4.97. The standard InChI is InChI=1S/C12H12N2O4S2/c13-9-4-12(19-6-9)20(15,16)14-5-8-1-2-10-11(3-8)18-7-17-10/h1-4,6,14H,5,7,13H2. The molecule has 1 aromatic carbocycles. The van der Waals surface area contributed by atoms with E-state index in [-0.39, 0.29) is 17.5 Å². The predicted molar refractivity (Wildman–Crippen MR) is 75.3 cm³/mol. The molecule has 0 saturated carbocycles. The van der Waals surface area contributed by atoms with E-state index in [9.17, 15) is 8.42 Å². The van der Waals surface area contributed by atoms with Gasteiger partial charge in [0.05, 0.1) is 0 Å². The molecule has 2 heterocycles. The van der Waals surface area contributed by atoms with Gasteiger partial charge in [-0.25, -0.2) is 13.1 Å². The molecule has 0 saturated heterocycles. The van der Waals surface area contributed by atoms with Crippen molar-refractivity contribution in [2.45, 2.75) is 10.8 Å². The van der Waals surface area contributed by atoms with Crippen LogP contribution in [0.2, 0.25) is 0 Å². The maximum atomic E-state index is 12.0. The summed E-state index contributed by atoms with van der Waals surface area (Å²) >= 11 is 1.09. The third-order valence-corrected chi connectivity index (χ3v) is 5.62. The number of thiophene rings is 1. The van der Waals surface area contributed by atoms with Gasteiger partial charge in [-0.15, -0.1) is 11.3 Å². The van der Waals surface area contributed by atoms with Crippen molar-refractivity contribution >= 4 is 27.0 Å². The molecule has 0 fully saturated rings. The zero-order valence-corrected chi connectivity index (χ0v) is 12.0. The molecule has 0 unspecified atom stereocenters. The number of anilines is 1. The predicted octanol–water partition coefficient (Wildman–Crippen LogP) is 1.54. The van der Waals surface area contributed by atoms with Crippen LogP contribution in [0.4, 0.5) is 5.69 Å². The average Bonchev–Trinajstić information content (AvgIpc) is 3.04. The summed E-state index contributed by atoms with van der Waals surface area (Å²) in [6, 6.07) is 6.74. The first-order valence-corrected chi connectivity index (χ1v) is 8.13. The van der Waals surface area contributed by atoms with Gasteiger partial charge in [-0.2, -0.15) is 0 Å². The maximum Gasteiger partial charge on any atom is 0.250 e. The second-order valence-electron chi connectivity index (χ2n) is 4.21. The van der Waals surface area contributed by atoms with Crippen molar-refractivity contribution < 1.29 is 17.9 Å². The molecule has 3 rings (SSSR count). The van der Waals surface area contributed by atoms with Crippen LogP contribution in [0, 0.1) is 0 Å². The lowest BCUT2D eigenvalue weighted by molar-refractivity contribution is 0.174. The highest BCUT2D eigenvalue weighted by atomic mass is 32.2. The molecule has 20 heavy (non-hydrogen) atoms. The van der Waals surface area contributed by atoms with E-state index in [1.54, 1.807) is 23.6 Å². The number of benzene rings is 1. The van der Waals surface area contributed by atoms with E-state index in [1.165, 1.54) is 6.07 Å². The molecule has 1 aliphatic rings. The lowest BCUT2D eigenvalue weighted by Crippen LogP contribution is -2.22. The number of ether oxygens (including phenoxy) is 2. The summed E-state index contributed by atoms with van der Waals surface area (Å²) in [5.74, 6) is 1.30. The smallest absolute Gasteiger partial charge is 0.250 e. The summed E-state index contributed by atoms with van der Waals surface area (Å²) in [7, 11) is -3.54. The van der Waals surface area contributed by atoms with E-state index < -0.39 is 10.0 Å². The molecule has 2 aromatic rings. The van der Waals surface area contributed by atoms with Crippen LogP contribution in [-0.4, -0.2) is 15.2 Å². The molecule has 6 nitrogen and oxygen atoms in total. The number of sulfonamides is 1. The fourth-order valence-electron chi connectivity index (χ4n) is 1.77. The van der Waals surface area contributed by atoms with Gasteiger partial charge in [0.1, 0.15) is 4.21 Å². The molecule has 0 aliphatic carbocycles. The zero-order chi connectivity index (χ0) is 14.2. The van der Waals surface area contributed by atoms with Crippen molar-refractivity contribution in [3.8, 4) is 11.5 Å². The molecule has 0 amide bonds. The Balaban J connectivity index is 1.73. The topological polar surface area (TPSA) is 90.7 Å². The van der Waals surface area contributed by atoms with Crippen molar-refractivity contribution in [2.24, 2.45) is 0 Å². The fraction of sp³-hybridized carbons (Fsp3) is 0.167. The van der Waals surface area contributed by atoms with Crippen molar-refractivity contribution in [3.63, 3.8) is 0 Å². The van der Waals surface area contributed by atoms with Crippen LogP contribution >= 0.6 is 11.3 Å². The molecule has 0 atom stereocenters. The maximum absolute atomic E-state index is 12.0. The first-order valence-electron chi connectivity index (χ1n) is 5.77. The van der Waals surface area contributed by atoms with Crippen LogP contribution in [-0.2, 0) is 16.6 Å². The number of hydrogen-bond acceptors (Lipinski definition) is 6. The Labute approximate surface area is 120 Å². The normalized spacial score (nSPS) is 13.6. The molecule has 8 heteroatoms. The van der Waals surface area contributed by atoms with Crippen molar-refractivity contribution in [1.82, 2.24) is 4.72 Å². The van der Waals surface area contributed by atoms with Crippen molar-refractivity contribution in [3.05, 3.63) is 35.2 Å². The summed E-state index contributed by atoms with van der Waals surface area (Å²) in [6.45, 7) is 0.371. The van der Waals surface area contributed by atoms with Gasteiger partial charge in [0.2, 0.25) is 16.8 Å². The molecule has 3 N–H and O–H groups in total. The largest absolute Gasteiger partial charge is 0.454 e. The second-order valence-corrected chi connectivity index (χ2v) is 7.12. The number of nitrogen functional groups attached to an aromatic ring is 1. The Kier molecular flexibility index (Phi) is 3.28. The van der Waals surface area contributed by atoms with E-state index in [4.69, 9.17) is 15.2 Å². The first kappa shape index (κ1) is 13.2. The van der Waals surface area contributed by atoms with Gasteiger partial charge in [-0.1, -0.05) is 6.07 Å². The Bertz CT molecular complexity index is 740. The highest BCUT2D eigenvalue weighted by molar-refractivity contribution is 7.91. The Morgan fingerprint density at radius 2 is 2.05 bits per heavy atom. The summed E-state index contributed by atoms with van der Waals surface area (Å²) in [4.78, 5) is 0. The zero-order valence-electron chi connectivity index (χ0n) is 10.3. The third-order valence-electron chi connectivity index (χ3n) is 2.76. The van der Waals surface area contributed by atoms with Gasteiger partial charge in [0, 0.05) is 17.6 Å². The molecular weight excluding hydrogens is 300 g/mol. The van der Waals surface area contributed by atoms with Gasteiger partial charge < -0.3 is 15.2 Å². The van der Waals surface area contributed by atoms with E-state index in [0.717, 1.165) is 16.9 Å². The third kappa shape index (κ3) is 2.58. The van der Waals surface area contributed by atoms with Crippen LogP contribution in [0.3, 0.4) is 0 Å².